The quantitative estimate of drug-likeness (QED) is 0.695. The largest absolute Gasteiger partial charge is 0.497 e. The van der Waals surface area contributed by atoms with Crippen molar-refractivity contribution < 1.29 is 18.8 Å². The molecular weight excluding hydrogens is 358 g/mol. The summed E-state index contributed by atoms with van der Waals surface area (Å²) in [6.45, 7) is 1.77. The Hall–Kier alpha value is -2.41. The lowest BCUT2D eigenvalue weighted by Gasteiger charge is -2.32. The van der Waals surface area contributed by atoms with Crippen LogP contribution in [0.5, 0.6) is 5.75 Å². The Morgan fingerprint density at radius 3 is 3.04 bits per heavy atom. The summed E-state index contributed by atoms with van der Waals surface area (Å²) >= 11 is 0. The van der Waals surface area contributed by atoms with Crippen molar-refractivity contribution in [3.63, 3.8) is 0 Å². The number of aromatic nitrogens is 2. The van der Waals surface area contributed by atoms with Crippen LogP contribution in [0.1, 0.15) is 55.3 Å². The number of likely N-dealkylation sites (tertiary alicyclic amines) is 1. The van der Waals surface area contributed by atoms with Gasteiger partial charge in [-0.05, 0) is 49.8 Å². The van der Waals surface area contributed by atoms with Crippen molar-refractivity contribution >= 4 is 5.91 Å². The third-order valence-electron chi connectivity index (χ3n) is 5.35. The van der Waals surface area contributed by atoms with E-state index in [9.17, 15) is 4.79 Å². The van der Waals surface area contributed by atoms with Gasteiger partial charge in [-0.1, -0.05) is 17.3 Å². The van der Waals surface area contributed by atoms with E-state index in [1.807, 2.05) is 29.2 Å². The zero-order valence-corrected chi connectivity index (χ0v) is 16.3. The zero-order valence-electron chi connectivity index (χ0n) is 16.3. The van der Waals surface area contributed by atoms with Crippen LogP contribution in [0.25, 0.3) is 0 Å². The first kappa shape index (κ1) is 18.9. The number of hydrogen-bond acceptors (Lipinski definition) is 6. The molecule has 1 unspecified atom stereocenters. The van der Waals surface area contributed by atoms with Crippen LogP contribution in [0, 0.1) is 0 Å². The molecule has 4 rings (SSSR count). The average molecular weight is 385 g/mol. The highest BCUT2D eigenvalue weighted by Gasteiger charge is 2.30. The standard InChI is InChI=1S/C21H27N3O4/c1-26-17-5-2-4-15(12-17)7-10-20(25)24-11-3-6-18(13-24)27-14-19-22-21(28-23-19)16-8-9-16/h2,4-5,12,16,18H,3,6-11,13-14H2,1H3. The average Bonchev–Trinajstić information content (AvgIpc) is 3.49. The smallest absolute Gasteiger partial charge is 0.229 e. The van der Waals surface area contributed by atoms with Crippen molar-refractivity contribution in [1.29, 1.82) is 0 Å². The molecule has 1 amide bonds. The molecule has 7 heteroatoms. The lowest BCUT2D eigenvalue weighted by Crippen LogP contribution is -2.43. The molecule has 2 fully saturated rings. The maximum absolute atomic E-state index is 12.6. The number of piperidine rings is 1. The molecule has 0 N–H and O–H groups in total. The van der Waals surface area contributed by atoms with Gasteiger partial charge in [0.2, 0.25) is 11.8 Å². The summed E-state index contributed by atoms with van der Waals surface area (Å²) in [5.41, 5.74) is 1.11. The molecule has 2 aromatic rings. The van der Waals surface area contributed by atoms with Crippen LogP contribution in [0.2, 0.25) is 0 Å². The van der Waals surface area contributed by atoms with E-state index in [1.165, 1.54) is 0 Å². The van der Waals surface area contributed by atoms with Gasteiger partial charge in [0.25, 0.3) is 0 Å². The van der Waals surface area contributed by atoms with Crippen molar-refractivity contribution in [3.8, 4) is 5.75 Å². The number of carbonyl (C=O) groups excluding carboxylic acids is 1. The van der Waals surface area contributed by atoms with Crippen molar-refractivity contribution in [1.82, 2.24) is 15.0 Å². The Bertz CT molecular complexity index is 802. The second-order valence-corrected chi connectivity index (χ2v) is 7.59. The summed E-state index contributed by atoms with van der Waals surface area (Å²) in [4.78, 5) is 18.9. The second-order valence-electron chi connectivity index (χ2n) is 7.59. The Kier molecular flexibility index (Phi) is 5.90. The van der Waals surface area contributed by atoms with Gasteiger partial charge in [0.05, 0.1) is 13.2 Å². The minimum atomic E-state index is 0.0254. The van der Waals surface area contributed by atoms with Crippen molar-refractivity contribution in [2.24, 2.45) is 0 Å². The third-order valence-corrected chi connectivity index (χ3v) is 5.35. The second kappa shape index (κ2) is 8.73. The van der Waals surface area contributed by atoms with Crippen LogP contribution in [0.15, 0.2) is 28.8 Å². The molecule has 1 saturated heterocycles. The highest BCUT2D eigenvalue weighted by Crippen LogP contribution is 2.38. The minimum Gasteiger partial charge on any atom is -0.497 e. The fourth-order valence-corrected chi connectivity index (χ4v) is 3.55. The summed E-state index contributed by atoms with van der Waals surface area (Å²) in [5, 5.41) is 3.99. The number of aryl methyl sites for hydroxylation is 1. The maximum atomic E-state index is 12.6. The molecule has 1 aliphatic carbocycles. The van der Waals surface area contributed by atoms with E-state index >= 15 is 0 Å². The van der Waals surface area contributed by atoms with E-state index < -0.39 is 0 Å². The van der Waals surface area contributed by atoms with Crippen LogP contribution < -0.4 is 4.74 Å². The van der Waals surface area contributed by atoms with E-state index in [0.717, 1.165) is 49.4 Å². The summed E-state index contributed by atoms with van der Waals surface area (Å²) in [6.07, 6.45) is 5.41. The van der Waals surface area contributed by atoms with E-state index in [0.29, 0.717) is 37.7 Å². The van der Waals surface area contributed by atoms with E-state index in [2.05, 4.69) is 10.1 Å². The molecule has 0 bridgehead atoms. The number of nitrogens with zero attached hydrogens (tertiary/aromatic N) is 3. The van der Waals surface area contributed by atoms with E-state index in [4.69, 9.17) is 14.0 Å². The van der Waals surface area contributed by atoms with Gasteiger partial charge < -0.3 is 18.9 Å². The van der Waals surface area contributed by atoms with Gasteiger partial charge in [-0.3, -0.25) is 4.79 Å². The topological polar surface area (TPSA) is 77.7 Å². The predicted octanol–water partition coefficient (Wildman–Crippen LogP) is 3.10. The van der Waals surface area contributed by atoms with Gasteiger partial charge in [-0.2, -0.15) is 4.98 Å². The highest BCUT2D eigenvalue weighted by molar-refractivity contribution is 5.76. The molecule has 0 radical (unpaired) electrons. The molecule has 28 heavy (non-hydrogen) atoms. The molecule has 150 valence electrons. The number of hydrogen-bond donors (Lipinski definition) is 0. The molecular formula is C21H27N3O4. The Labute approximate surface area is 165 Å². The number of benzene rings is 1. The fourth-order valence-electron chi connectivity index (χ4n) is 3.55. The lowest BCUT2D eigenvalue weighted by molar-refractivity contribution is -0.135. The number of rotatable bonds is 8. The van der Waals surface area contributed by atoms with Crippen LogP contribution in [-0.2, 0) is 22.6 Å². The van der Waals surface area contributed by atoms with Gasteiger partial charge in [0.15, 0.2) is 5.82 Å². The molecule has 2 aliphatic rings. The summed E-state index contributed by atoms with van der Waals surface area (Å²) < 4.78 is 16.5. The van der Waals surface area contributed by atoms with E-state index in [1.54, 1.807) is 7.11 Å². The third kappa shape index (κ3) is 4.90. The van der Waals surface area contributed by atoms with Crippen molar-refractivity contribution in [2.45, 2.75) is 57.2 Å². The number of methoxy groups -OCH3 is 1. The van der Waals surface area contributed by atoms with Crippen LogP contribution in [0.4, 0.5) is 0 Å². The SMILES string of the molecule is COc1cccc(CCC(=O)N2CCCC(OCc3noc(C4CC4)n3)C2)c1. The number of amides is 1. The van der Waals surface area contributed by atoms with Crippen LogP contribution >= 0.6 is 0 Å². The Morgan fingerprint density at radius 2 is 2.21 bits per heavy atom. The highest BCUT2D eigenvalue weighted by atomic mass is 16.5. The minimum absolute atomic E-state index is 0.0254. The van der Waals surface area contributed by atoms with Gasteiger partial charge in [-0.25, -0.2) is 0 Å². The lowest BCUT2D eigenvalue weighted by atomic mass is 10.1. The Balaban J connectivity index is 1.23. The van der Waals surface area contributed by atoms with Crippen LogP contribution in [0.3, 0.4) is 0 Å². The number of carbonyl (C=O) groups is 1. The van der Waals surface area contributed by atoms with Gasteiger partial charge in [-0.15, -0.1) is 0 Å². The molecule has 7 nitrogen and oxygen atoms in total. The normalized spacial score (nSPS) is 19.6. The van der Waals surface area contributed by atoms with Gasteiger partial charge >= 0.3 is 0 Å². The monoisotopic (exact) mass is 385 g/mol. The Morgan fingerprint density at radius 1 is 1.32 bits per heavy atom. The molecule has 1 aliphatic heterocycles. The van der Waals surface area contributed by atoms with Gasteiger partial charge in [0, 0.05) is 25.4 Å². The van der Waals surface area contributed by atoms with Crippen molar-refractivity contribution in [3.05, 3.63) is 41.5 Å². The molecule has 1 saturated carbocycles. The molecule has 1 aromatic carbocycles. The van der Waals surface area contributed by atoms with Crippen molar-refractivity contribution in [2.75, 3.05) is 20.2 Å². The summed E-state index contributed by atoms with van der Waals surface area (Å²) in [7, 11) is 1.65. The first-order chi connectivity index (χ1) is 13.7. The number of ether oxygens (including phenoxy) is 2. The molecule has 2 heterocycles. The fraction of sp³-hybridized carbons (Fsp3) is 0.571. The molecule has 0 spiro atoms. The summed E-state index contributed by atoms with van der Waals surface area (Å²) in [5.74, 6) is 2.78. The molecule has 1 atom stereocenters. The molecule has 1 aromatic heterocycles. The van der Waals surface area contributed by atoms with E-state index in [-0.39, 0.29) is 12.0 Å². The zero-order chi connectivity index (χ0) is 19.3. The first-order valence-electron chi connectivity index (χ1n) is 10.1. The van der Waals surface area contributed by atoms with Gasteiger partial charge in [0.1, 0.15) is 12.4 Å². The van der Waals surface area contributed by atoms with Crippen LogP contribution in [-0.4, -0.2) is 47.3 Å². The summed E-state index contributed by atoms with van der Waals surface area (Å²) in [6, 6.07) is 7.88. The predicted molar refractivity (Wildman–Crippen MR) is 102 cm³/mol. The maximum Gasteiger partial charge on any atom is 0.229 e. The first-order valence-corrected chi connectivity index (χ1v) is 10.1.